The summed E-state index contributed by atoms with van der Waals surface area (Å²) in [5.41, 5.74) is 2.40. The predicted molar refractivity (Wildman–Crippen MR) is 97.0 cm³/mol. The SMILES string of the molecule is Cc1ccc(-c2nc(CC(=O)N(C)CC3(O)CCCC3)cs2)cc1. The number of hydrogen-bond acceptors (Lipinski definition) is 4. The first-order valence-corrected chi connectivity index (χ1v) is 9.31. The summed E-state index contributed by atoms with van der Waals surface area (Å²) < 4.78 is 0. The molecule has 0 spiro atoms. The summed E-state index contributed by atoms with van der Waals surface area (Å²) in [6.07, 6.45) is 3.96. The highest BCUT2D eigenvalue weighted by Crippen LogP contribution is 2.30. The Labute approximate surface area is 147 Å². The summed E-state index contributed by atoms with van der Waals surface area (Å²) in [5, 5.41) is 13.3. The fourth-order valence-corrected chi connectivity index (χ4v) is 4.05. The maximum absolute atomic E-state index is 12.4. The summed E-state index contributed by atoms with van der Waals surface area (Å²) in [5.74, 6) is 0.0103. The molecule has 5 heteroatoms. The summed E-state index contributed by atoms with van der Waals surface area (Å²) in [7, 11) is 1.77. The number of rotatable bonds is 5. The molecule has 0 saturated heterocycles. The van der Waals surface area contributed by atoms with Gasteiger partial charge in [-0.25, -0.2) is 4.98 Å². The van der Waals surface area contributed by atoms with Gasteiger partial charge in [-0.15, -0.1) is 11.3 Å². The zero-order chi connectivity index (χ0) is 17.2. The van der Waals surface area contributed by atoms with Gasteiger partial charge in [0.1, 0.15) is 5.01 Å². The number of thiazole rings is 1. The lowest BCUT2D eigenvalue weighted by atomic mass is 10.0. The lowest BCUT2D eigenvalue weighted by molar-refractivity contribution is -0.132. The Morgan fingerprint density at radius 2 is 1.96 bits per heavy atom. The average molecular weight is 344 g/mol. The maximum atomic E-state index is 12.4. The number of nitrogens with zero attached hydrogens (tertiary/aromatic N) is 2. The van der Waals surface area contributed by atoms with E-state index < -0.39 is 5.60 Å². The molecule has 2 aromatic rings. The molecule has 1 amide bonds. The summed E-state index contributed by atoms with van der Waals surface area (Å²) in [4.78, 5) is 18.7. The van der Waals surface area contributed by atoms with E-state index >= 15 is 0 Å². The van der Waals surface area contributed by atoms with Crippen molar-refractivity contribution in [3.8, 4) is 10.6 Å². The van der Waals surface area contributed by atoms with Crippen LogP contribution in [0.1, 0.15) is 36.9 Å². The number of aryl methyl sites for hydroxylation is 1. The molecule has 0 aliphatic heterocycles. The van der Waals surface area contributed by atoms with Crippen LogP contribution in [0.5, 0.6) is 0 Å². The number of carbonyl (C=O) groups is 1. The standard InChI is InChI=1S/C19H24N2O2S/c1-14-5-7-15(8-6-14)18-20-16(12-24-18)11-17(22)21(2)13-19(23)9-3-4-10-19/h5-8,12,23H,3-4,9-11,13H2,1-2H3. The van der Waals surface area contributed by atoms with E-state index in [1.165, 1.54) is 5.56 Å². The zero-order valence-corrected chi connectivity index (χ0v) is 15.1. The van der Waals surface area contributed by atoms with Crippen molar-refractivity contribution in [2.75, 3.05) is 13.6 Å². The van der Waals surface area contributed by atoms with E-state index in [2.05, 4.69) is 36.2 Å². The molecular formula is C19H24N2O2S. The van der Waals surface area contributed by atoms with Crippen molar-refractivity contribution in [1.82, 2.24) is 9.88 Å². The molecular weight excluding hydrogens is 320 g/mol. The molecule has 24 heavy (non-hydrogen) atoms. The first-order valence-electron chi connectivity index (χ1n) is 8.43. The Bertz CT molecular complexity index is 702. The monoisotopic (exact) mass is 344 g/mol. The van der Waals surface area contributed by atoms with Crippen LogP contribution in [-0.2, 0) is 11.2 Å². The van der Waals surface area contributed by atoms with Crippen LogP contribution >= 0.6 is 11.3 Å². The zero-order valence-electron chi connectivity index (χ0n) is 14.3. The van der Waals surface area contributed by atoms with Gasteiger partial charge in [-0.1, -0.05) is 42.7 Å². The van der Waals surface area contributed by atoms with E-state index in [1.807, 2.05) is 5.38 Å². The molecule has 128 valence electrons. The number of likely N-dealkylation sites (N-methyl/N-ethyl adjacent to an activating group) is 1. The van der Waals surface area contributed by atoms with Crippen LogP contribution in [0.3, 0.4) is 0 Å². The van der Waals surface area contributed by atoms with Crippen molar-refractivity contribution in [3.63, 3.8) is 0 Å². The molecule has 1 aliphatic rings. The second-order valence-electron chi connectivity index (χ2n) is 6.87. The fraction of sp³-hybridized carbons (Fsp3) is 0.474. The Morgan fingerprint density at radius 3 is 2.62 bits per heavy atom. The normalized spacial score (nSPS) is 16.3. The highest BCUT2D eigenvalue weighted by Gasteiger charge is 2.33. The first kappa shape index (κ1) is 17.1. The number of benzene rings is 1. The van der Waals surface area contributed by atoms with Gasteiger partial charge in [-0.05, 0) is 19.8 Å². The molecule has 1 fully saturated rings. The summed E-state index contributed by atoms with van der Waals surface area (Å²) >= 11 is 1.56. The fourth-order valence-electron chi connectivity index (χ4n) is 3.23. The molecule has 1 saturated carbocycles. The highest BCUT2D eigenvalue weighted by atomic mass is 32.1. The van der Waals surface area contributed by atoms with Crippen molar-refractivity contribution in [1.29, 1.82) is 0 Å². The molecule has 0 radical (unpaired) electrons. The number of aliphatic hydroxyl groups is 1. The van der Waals surface area contributed by atoms with Gasteiger partial charge >= 0.3 is 0 Å². The second-order valence-corrected chi connectivity index (χ2v) is 7.73. The number of amides is 1. The molecule has 1 aliphatic carbocycles. The third-order valence-electron chi connectivity index (χ3n) is 4.67. The van der Waals surface area contributed by atoms with E-state index in [1.54, 1.807) is 23.3 Å². The van der Waals surface area contributed by atoms with Crippen molar-refractivity contribution in [3.05, 3.63) is 40.9 Å². The Morgan fingerprint density at radius 1 is 1.29 bits per heavy atom. The van der Waals surface area contributed by atoms with E-state index in [0.717, 1.165) is 41.9 Å². The lowest BCUT2D eigenvalue weighted by Crippen LogP contribution is -2.42. The van der Waals surface area contributed by atoms with Crippen molar-refractivity contribution < 1.29 is 9.90 Å². The predicted octanol–water partition coefficient (Wildman–Crippen LogP) is 3.42. The smallest absolute Gasteiger partial charge is 0.228 e. The third-order valence-corrected chi connectivity index (χ3v) is 5.61. The second kappa shape index (κ2) is 7.03. The minimum atomic E-state index is -0.695. The van der Waals surface area contributed by atoms with Crippen LogP contribution in [0.2, 0.25) is 0 Å². The van der Waals surface area contributed by atoms with E-state index in [0.29, 0.717) is 6.54 Å². The van der Waals surface area contributed by atoms with Crippen LogP contribution in [0.4, 0.5) is 0 Å². The molecule has 0 bridgehead atoms. The highest BCUT2D eigenvalue weighted by molar-refractivity contribution is 7.13. The summed E-state index contributed by atoms with van der Waals surface area (Å²) in [6, 6.07) is 8.25. The number of aromatic nitrogens is 1. The number of carbonyl (C=O) groups excluding carboxylic acids is 1. The Kier molecular flexibility index (Phi) is 5.01. The summed E-state index contributed by atoms with van der Waals surface area (Å²) in [6.45, 7) is 2.48. The van der Waals surface area contributed by atoms with Crippen molar-refractivity contribution in [2.24, 2.45) is 0 Å². The van der Waals surface area contributed by atoms with E-state index in [4.69, 9.17) is 0 Å². The largest absolute Gasteiger partial charge is 0.388 e. The van der Waals surface area contributed by atoms with Gasteiger partial charge < -0.3 is 10.0 Å². The van der Waals surface area contributed by atoms with Crippen molar-refractivity contribution in [2.45, 2.75) is 44.6 Å². The van der Waals surface area contributed by atoms with Gasteiger partial charge in [-0.3, -0.25) is 4.79 Å². The van der Waals surface area contributed by atoms with Crippen LogP contribution in [0.25, 0.3) is 10.6 Å². The average Bonchev–Trinajstić information content (AvgIpc) is 3.17. The van der Waals surface area contributed by atoms with Gasteiger partial charge in [0.05, 0.1) is 17.7 Å². The molecule has 3 rings (SSSR count). The van der Waals surface area contributed by atoms with Crippen LogP contribution in [0.15, 0.2) is 29.6 Å². The molecule has 1 aromatic carbocycles. The van der Waals surface area contributed by atoms with Gasteiger partial charge in [0.25, 0.3) is 0 Å². The van der Waals surface area contributed by atoms with E-state index in [-0.39, 0.29) is 12.3 Å². The van der Waals surface area contributed by atoms with Crippen LogP contribution in [-0.4, -0.2) is 40.1 Å². The lowest BCUT2D eigenvalue weighted by Gasteiger charge is -2.28. The van der Waals surface area contributed by atoms with E-state index in [9.17, 15) is 9.90 Å². The molecule has 0 atom stereocenters. The number of hydrogen-bond donors (Lipinski definition) is 1. The van der Waals surface area contributed by atoms with Crippen LogP contribution < -0.4 is 0 Å². The van der Waals surface area contributed by atoms with Gasteiger partial charge in [0.15, 0.2) is 0 Å². The molecule has 1 heterocycles. The van der Waals surface area contributed by atoms with Crippen LogP contribution in [0, 0.1) is 6.92 Å². The van der Waals surface area contributed by atoms with Gasteiger partial charge in [0, 0.05) is 24.5 Å². The van der Waals surface area contributed by atoms with Gasteiger partial charge in [-0.2, -0.15) is 0 Å². The van der Waals surface area contributed by atoms with Crippen molar-refractivity contribution >= 4 is 17.2 Å². The third kappa shape index (κ3) is 4.02. The Balaban J connectivity index is 1.61. The minimum Gasteiger partial charge on any atom is -0.388 e. The molecule has 1 aromatic heterocycles. The molecule has 4 nitrogen and oxygen atoms in total. The topological polar surface area (TPSA) is 53.4 Å². The van der Waals surface area contributed by atoms with Gasteiger partial charge in [0.2, 0.25) is 5.91 Å². The quantitative estimate of drug-likeness (QED) is 0.904. The maximum Gasteiger partial charge on any atom is 0.228 e. The molecule has 1 N–H and O–H groups in total. The molecule has 0 unspecified atom stereocenters. The first-order chi connectivity index (χ1) is 11.5. The minimum absolute atomic E-state index is 0.0103. The Hall–Kier alpha value is -1.72.